The predicted molar refractivity (Wildman–Crippen MR) is 103 cm³/mol. The molecular formula is C20H17N3O2S. The van der Waals surface area contributed by atoms with Gasteiger partial charge in [-0.2, -0.15) is 0 Å². The van der Waals surface area contributed by atoms with Gasteiger partial charge in [0, 0.05) is 23.7 Å². The summed E-state index contributed by atoms with van der Waals surface area (Å²) in [5.41, 5.74) is 1.41. The van der Waals surface area contributed by atoms with Crippen molar-refractivity contribution in [3.05, 3.63) is 84.1 Å². The van der Waals surface area contributed by atoms with Crippen molar-refractivity contribution in [2.75, 3.05) is 12.4 Å². The Bertz CT molecular complexity index is 912. The minimum atomic E-state index is -0.268. The van der Waals surface area contributed by atoms with E-state index in [-0.39, 0.29) is 11.8 Å². The van der Waals surface area contributed by atoms with E-state index in [9.17, 15) is 9.59 Å². The minimum Gasteiger partial charge on any atom is -0.355 e. The number of hydrogen-bond acceptors (Lipinski definition) is 4. The first-order valence-electron chi connectivity index (χ1n) is 7.99. The predicted octanol–water partition coefficient (Wildman–Crippen LogP) is 3.84. The Morgan fingerprint density at radius 1 is 0.885 bits per heavy atom. The minimum absolute atomic E-state index is 0.247. The molecule has 0 atom stereocenters. The molecule has 0 saturated carbocycles. The van der Waals surface area contributed by atoms with Crippen molar-refractivity contribution < 1.29 is 9.59 Å². The summed E-state index contributed by atoms with van der Waals surface area (Å²) in [6.45, 7) is 0. The van der Waals surface area contributed by atoms with Crippen molar-refractivity contribution in [3.63, 3.8) is 0 Å². The maximum absolute atomic E-state index is 12.5. The first-order chi connectivity index (χ1) is 12.7. The normalized spacial score (nSPS) is 10.2. The topological polar surface area (TPSA) is 71.1 Å². The van der Waals surface area contributed by atoms with E-state index in [2.05, 4.69) is 15.6 Å². The number of carbonyl (C=O) groups excluding carboxylic acids is 2. The first-order valence-corrected chi connectivity index (χ1v) is 8.80. The van der Waals surface area contributed by atoms with Crippen LogP contribution in [0.5, 0.6) is 0 Å². The zero-order chi connectivity index (χ0) is 18.4. The number of nitrogens with one attached hydrogen (secondary N) is 2. The molecule has 0 bridgehead atoms. The number of pyridine rings is 1. The van der Waals surface area contributed by atoms with Gasteiger partial charge in [-0.05, 0) is 48.5 Å². The molecule has 0 aliphatic rings. The van der Waals surface area contributed by atoms with Gasteiger partial charge in [0.25, 0.3) is 11.8 Å². The summed E-state index contributed by atoms with van der Waals surface area (Å²) in [5.74, 6) is -0.515. The molecule has 1 aromatic heterocycles. The maximum atomic E-state index is 12.5. The number of rotatable bonds is 5. The standard InChI is InChI=1S/C20H17N3O2S/c1-21-20(25)16-6-2-3-7-17(16)23-19(24)14-9-11-15(12-10-14)26-18-8-4-5-13-22-18/h2-13H,1H3,(H,21,25)(H,23,24). The molecule has 3 aromatic rings. The second-order valence-corrected chi connectivity index (χ2v) is 6.47. The van der Waals surface area contributed by atoms with Crippen LogP contribution in [0, 0.1) is 0 Å². The zero-order valence-electron chi connectivity index (χ0n) is 14.1. The van der Waals surface area contributed by atoms with Crippen molar-refractivity contribution in [3.8, 4) is 0 Å². The molecule has 0 spiro atoms. The molecule has 0 unspecified atom stereocenters. The SMILES string of the molecule is CNC(=O)c1ccccc1NC(=O)c1ccc(Sc2ccccn2)cc1. The molecular weight excluding hydrogens is 346 g/mol. The molecule has 130 valence electrons. The molecule has 6 heteroatoms. The van der Waals surface area contributed by atoms with Gasteiger partial charge >= 0.3 is 0 Å². The van der Waals surface area contributed by atoms with E-state index >= 15 is 0 Å². The Balaban J connectivity index is 1.72. The van der Waals surface area contributed by atoms with E-state index in [1.165, 1.54) is 11.8 Å². The molecule has 3 rings (SSSR count). The largest absolute Gasteiger partial charge is 0.355 e. The first kappa shape index (κ1) is 17.7. The van der Waals surface area contributed by atoms with Gasteiger partial charge < -0.3 is 10.6 Å². The second-order valence-electron chi connectivity index (χ2n) is 5.37. The molecule has 2 N–H and O–H groups in total. The number of aromatic nitrogens is 1. The summed E-state index contributed by atoms with van der Waals surface area (Å²) in [6.07, 6.45) is 1.74. The Morgan fingerprint density at radius 2 is 1.62 bits per heavy atom. The summed E-state index contributed by atoms with van der Waals surface area (Å²) in [7, 11) is 1.55. The average molecular weight is 363 g/mol. The maximum Gasteiger partial charge on any atom is 0.255 e. The highest BCUT2D eigenvalue weighted by Gasteiger charge is 2.13. The summed E-state index contributed by atoms with van der Waals surface area (Å²) in [5, 5.41) is 6.25. The smallest absolute Gasteiger partial charge is 0.255 e. The van der Waals surface area contributed by atoms with E-state index in [1.54, 1.807) is 49.6 Å². The lowest BCUT2D eigenvalue weighted by molar-refractivity contribution is 0.0964. The summed E-state index contributed by atoms with van der Waals surface area (Å²) in [4.78, 5) is 29.6. The van der Waals surface area contributed by atoms with Crippen LogP contribution < -0.4 is 10.6 Å². The molecule has 26 heavy (non-hydrogen) atoms. The van der Waals surface area contributed by atoms with Gasteiger partial charge in [0.1, 0.15) is 5.03 Å². The summed E-state index contributed by atoms with van der Waals surface area (Å²) >= 11 is 1.53. The van der Waals surface area contributed by atoms with Crippen molar-refractivity contribution in [1.82, 2.24) is 10.3 Å². The zero-order valence-corrected chi connectivity index (χ0v) is 14.9. The van der Waals surface area contributed by atoms with Crippen molar-refractivity contribution >= 4 is 29.3 Å². The fourth-order valence-electron chi connectivity index (χ4n) is 2.32. The van der Waals surface area contributed by atoms with Crippen LogP contribution in [0.2, 0.25) is 0 Å². The van der Waals surface area contributed by atoms with Crippen LogP contribution in [0.4, 0.5) is 5.69 Å². The Hall–Kier alpha value is -3.12. The lowest BCUT2D eigenvalue weighted by Gasteiger charge is -2.10. The fourth-order valence-corrected chi connectivity index (χ4v) is 3.10. The Morgan fingerprint density at radius 3 is 2.31 bits per heavy atom. The molecule has 1 heterocycles. The average Bonchev–Trinajstić information content (AvgIpc) is 2.69. The number of hydrogen-bond donors (Lipinski definition) is 2. The highest BCUT2D eigenvalue weighted by atomic mass is 32.2. The van der Waals surface area contributed by atoms with Crippen LogP contribution in [0.25, 0.3) is 0 Å². The highest BCUT2D eigenvalue weighted by molar-refractivity contribution is 7.99. The molecule has 2 aromatic carbocycles. The third-order valence-corrected chi connectivity index (χ3v) is 4.58. The van der Waals surface area contributed by atoms with Gasteiger partial charge in [-0.25, -0.2) is 4.98 Å². The van der Waals surface area contributed by atoms with Gasteiger partial charge in [-0.15, -0.1) is 0 Å². The lowest BCUT2D eigenvalue weighted by atomic mass is 10.1. The molecule has 0 saturated heterocycles. The second kappa shape index (κ2) is 8.31. The highest BCUT2D eigenvalue weighted by Crippen LogP contribution is 2.26. The van der Waals surface area contributed by atoms with Gasteiger partial charge in [0.15, 0.2) is 0 Å². The molecule has 0 fully saturated rings. The molecule has 0 radical (unpaired) electrons. The molecule has 0 aliphatic carbocycles. The van der Waals surface area contributed by atoms with E-state index in [4.69, 9.17) is 0 Å². The quantitative estimate of drug-likeness (QED) is 0.722. The van der Waals surface area contributed by atoms with Crippen LogP contribution in [0.3, 0.4) is 0 Å². The number of anilines is 1. The van der Waals surface area contributed by atoms with Crippen LogP contribution in [-0.2, 0) is 0 Å². The molecule has 0 aliphatic heterocycles. The number of para-hydroxylation sites is 1. The van der Waals surface area contributed by atoms with Crippen LogP contribution >= 0.6 is 11.8 Å². The number of carbonyl (C=O) groups is 2. The Kier molecular flexibility index (Phi) is 5.66. The van der Waals surface area contributed by atoms with E-state index in [0.717, 1.165) is 9.92 Å². The Labute approximate surface area is 155 Å². The number of benzene rings is 2. The van der Waals surface area contributed by atoms with E-state index < -0.39 is 0 Å². The van der Waals surface area contributed by atoms with Gasteiger partial charge in [-0.1, -0.05) is 30.0 Å². The summed E-state index contributed by atoms with van der Waals surface area (Å²) in [6, 6.07) is 19.9. The third kappa shape index (κ3) is 4.29. The number of amides is 2. The monoisotopic (exact) mass is 363 g/mol. The van der Waals surface area contributed by atoms with Gasteiger partial charge in [0.2, 0.25) is 0 Å². The molecule has 2 amide bonds. The van der Waals surface area contributed by atoms with Crippen LogP contribution in [-0.4, -0.2) is 23.8 Å². The van der Waals surface area contributed by atoms with E-state index in [0.29, 0.717) is 16.8 Å². The van der Waals surface area contributed by atoms with Crippen LogP contribution in [0.15, 0.2) is 82.8 Å². The van der Waals surface area contributed by atoms with Gasteiger partial charge in [-0.3, -0.25) is 9.59 Å². The van der Waals surface area contributed by atoms with E-state index in [1.807, 2.05) is 30.3 Å². The fraction of sp³-hybridized carbons (Fsp3) is 0.0500. The third-order valence-electron chi connectivity index (χ3n) is 3.62. The molecule has 5 nitrogen and oxygen atoms in total. The summed E-state index contributed by atoms with van der Waals surface area (Å²) < 4.78 is 0. The van der Waals surface area contributed by atoms with Crippen LogP contribution in [0.1, 0.15) is 20.7 Å². The van der Waals surface area contributed by atoms with Crippen molar-refractivity contribution in [1.29, 1.82) is 0 Å². The number of nitrogens with zero attached hydrogens (tertiary/aromatic N) is 1. The lowest BCUT2D eigenvalue weighted by Crippen LogP contribution is -2.21. The van der Waals surface area contributed by atoms with Crippen molar-refractivity contribution in [2.45, 2.75) is 9.92 Å². The van der Waals surface area contributed by atoms with Gasteiger partial charge in [0.05, 0.1) is 11.3 Å². The van der Waals surface area contributed by atoms with Crippen molar-refractivity contribution in [2.24, 2.45) is 0 Å².